The van der Waals surface area contributed by atoms with Crippen molar-refractivity contribution in [1.82, 2.24) is 4.90 Å². The first-order valence-corrected chi connectivity index (χ1v) is 18.5. The van der Waals surface area contributed by atoms with E-state index in [2.05, 4.69) is 6.92 Å². The molecule has 0 aliphatic carbocycles. The molecule has 1 N–H and O–H groups in total. The molecule has 0 radical (unpaired) electrons. The van der Waals surface area contributed by atoms with E-state index in [-0.39, 0.29) is 23.9 Å². The second-order valence-electron chi connectivity index (χ2n) is 13.8. The summed E-state index contributed by atoms with van der Waals surface area (Å²) in [6, 6.07) is 17.8. The topological polar surface area (TPSA) is 89.9 Å². The molecule has 50 heavy (non-hydrogen) atoms. The minimum absolute atomic E-state index is 0.0872. The zero-order chi connectivity index (χ0) is 36.8. The van der Waals surface area contributed by atoms with Crippen molar-refractivity contribution in [3.8, 4) is 0 Å². The van der Waals surface area contributed by atoms with Gasteiger partial charge in [0.25, 0.3) is 5.17 Å². The fourth-order valence-electron chi connectivity index (χ4n) is 7.00. The molecule has 6 nitrogen and oxygen atoms in total. The molecule has 3 rings (SSSR count). The quantitative estimate of drug-likeness (QED) is 0.0748. The van der Waals surface area contributed by atoms with Crippen LogP contribution in [0.15, 0.2) is 72.8 Å². The van der Waals surface area contributed by atoms with Crippen LogP contribution in [0, 0.1) is 11.8 Å². The van der Waals surface area contributed by atoms with Crippen molar-refractivity contribution in [2.75, 3.05) is 6.67 Å². The van der Waals surface area contributed by atoms with Crippen molar-refractivity contribution < 1.29 is 37.7 Å². The van der Waals surface area contributed by atoms with Gasteiger partial charge >= 0.3 is 0 Å². The minimum atomic E-state index is -2.87. The number of carboxylic acid groups (broad SMARTS) is 1. The summed E-state index contributed by atoms with van der Waals surface area (Å²) >= 11 is 5.68. The lowest BCUT2D eigenvalue weighted by Gasteiger charge is -2.40. The number of carboxylic acids is 1. The largest absolute Gasteiger partial charge is 0.547 e. The first kappa shape index (κ1) is 41.2. The Morgan fingerprint density at radius 1 is 0.920 bits per heavy atom. The summed E-state index contributed by atoms with van der Waals surface area (Å²) < 4.78 is 48.8. The number of rotatable bonds is 22. The molecule has 1 heterocycles. The second-order valence-corrected chi connectivity index (χ2v) is 14.1. The highest BCUT2D eigenvalue weighted by molar-refractivity contribution is 7.80. The van der Waals surface area contributed by atoms with Gasteiger partial charge in [-0.1, -0.05) is 132 Å². The molecule has 1 saturated heterocycles. The molecule has 2 aromatic rings. The third-order valence-corrected chi connectivity index (χ3v) is 9.94. The maximum absolute atomic E-state index is 14.5. The fraction of sp³-hybridized carbons (Fsp3) is 0.575. The Bertz CT molecular complexity index is 1350. The lowest BCUT2D eigenvalue weighted by atomic mass is 9.75. The lowest BCUT2D eigenvalue weighted by Crippen LogP contribution is -2.60. The molecule has 3 atom stereocenters. The van der Waals surface area contributed by atoms with Crippen LogP contribution in [0.3, 0.4) is 0 Å². The number of ether oxygens (including phenoxy) is 1. The van der Waals surface area contributed by atoms with Gasteiger partial charge in [0.05, 0.1) is 24.6 Å². The Morgan fingerprint density at radius 3 is 1.92 bits per heavy atom. The molecule has 1 aliphatic heterocycles. The summed E-state index contributed by atoms with van der Waals surface area (Å²) in [7, 11) is 0. The molecule has 0 aromatic heterocycles. The summed E-state index contributed by atoms with van der Waals surface area (Å²) in [6.07, 6.45) is 8.85. The van der Waals surface area contributed by atoms with Crippen LogP contribution in [0.1, 0.15) is 115 Å². The number of allylic oxidation sites excluding steroid dienone is 1. The van der Waals surface area contributed by atoms with Gasteiger partial charge in [0.2, 0.25) is 11.8 Å². The average molecular weight is 717 g/mol. The number of carbonyl (C=O) groups excluding carboxylic acids is 2. The van der Waals surface area contributed by atoms with Crippen LogP contribution in [-0.2, 0) is 19.9 Å². The third kappa shape index (κ3) is 10.2. The van der Waals surface area contributed by atoms with E-state index >= 15 is 0 Å². The molecule has 0 bridgehead atoms. The van der Waals surface area contributed by atoms with E-state index in [0.717, 1.165) is 36.8 Å². The van der Waals surface area contributed by atoms with Crippen LogP contribution in [0.25, 0.3) is 0 Å². The lowest BCUT2D eigenvalue weighted by molar-refractivity contribution is -0.327. The van der Waals surface area contributed by atoms with E-state index in [4.69, 9.17) is 17.0 Å². The predicted octanol–water partition coefficient (Wildman–Crippen LogP) is 8.45. The van der Waals surface area contributed by atoms with Crippen LogP contribution in [0.2, 0.25) is 0 Å². The number of carbonyl (C=O) groups is 2. The van der Waals surface area contributed by atoms with Crippen molar-refractivity contribution in [1.29, 1.82) is 0 Å². The van der Waals surface area contributed by atoms with Gasteiger partial charge in [0.1, 0.15) is 5.60 Å². The van der Waals surface area contributed by atoms with E-state index in [1.807, 2.05) is 74.5 Å². The van der Waals surface area contributed by atoms with Gasteiger partial charge in [0, 0.05) is 30.4 Å². The van der Waals surface area contributed by atoms with Crippen molar-refractivity contribution in [2.45, 2.75) is 127 Å². The zero-order valence-electron chi connectivity index (χ0n) is 29.6. The summed E-state index contributed by atoms with van der Waals surface area (Å²) in [5.74, 6) is -7.53. The molecule has 276 valence electrons. The number of aliphatic hydroxyl groups is 1. The molecule has 2 aromatic carbocycles. The van der Waals surface area contributed by atoms with Crippen molar-refractivity contribution in [3.05, 3.63) is 83.9 Å². The third-order valence-electron chi connectivity index (χ3n) is 9.66. The van der Waals surface area contributed by atoms with Crippen molar-refractivity contribution in [3.63, 3.8) is 0 Å². The fourth-order valence-corrected chi connectivity index (χ4v) is 7.34. The molecule has 1 fully saturated rings. The minimum Gasteiger partial charge on any atom is -0.547 e. The number of nitrogens with zero attached hydrogens (tertiary/aromatic N) is 1. The highest BCUT2D eigenvalue weighted by atomic mass is 32.1. The number of hydrogen-bond donors (Lipinski definition) is 1. The average Bonchev–Trinajstić information content (AvgIpc) is 3.42. The van der Waals surface area contributed by atoms with Crippen molar-refractivity contribution in [2.24, 2.45) is 11.8 Å². The summed E-state index contributed by atoms with van der Waals surface area (Å²) in [4.78, 5) is 28.1. The SMILES string of the molecule is CCCCCCCC(F)(F)CCCCCC/C=C/[C@H](C(=O)N1C(=S)OC(c2ccccc2)(c2ccccc2)[C@@H]1C(C)C)[C@@](O)(CCF)C(=O)[O-]. The van der Waals surface area contributed by atoms with Crippen LogP contribution >= 0.6 is 12.2 Å². The number of halogens is 3. The van der Waals surface area contributed by atoms with Crippen LogP contribution < -0.4 is 5.11 Å². The molecule has 0 spiro atoms. The summed E-state index contributed by atoms with van der Waals surface area (Å²) in [5.41, 5.74) is -2.69. The highest BCUT2D eigenvalue weighted by Crippen LogP contribution is 2.48. The second kappa shape index (κ2) is 19.4. The first-order valence-electron chi connectivity index (χ1n) is 18.1. The number of thiocarbonyl (C=S) groups is 1. The number of aliphatic carboxylic acids is 1. The number of amides is 1. The van der Waals surface area contributed by atoms with E-state index in [1.165, 1.54) is 11.0 Å². The Labute approximate surface area is 301 Å². The molecule has 0 unspecified atom stereocenters. The maximum atomic E-state index is 14.5. The van der Waals surface area contributed by atoms with E-state index in [9.17, 15) is 33.0 Å². The van der Waals surface area contributed by atoms with Crippen LogP contribution in [0.4, 0.5) is 13.2 Å². The normalized spacial score (nSPS) is 18.0. The van der Waals surface area contributed by atoms with Gasteiger partial charge in [-0.2, -0.15) is 0 Å². The molecule has 0 saturated carbocycles. The zero-order valence-corrected chi connectivity index (χ0v) is 30.4. The van der Waals surface area contributed by atoms with Gasteiger partial charge in [-0.05, 0) is 43.8 Å². The summed E-state index contributed by atoms with van der Waals surface area (Å²) in [6.45, 7) is 4.66. The predicted molar refractivity (Wildman–Crippen MR) is 192 cm³/mol. The van der Waals surface area contributed by atoms with Gasteiger partial charge in [0.15, 0.2) is 5.60 Å². The Morgan fingerprint density at radius 2 is 1.44 bits per heavy atom. The molecule has 1 amide bonds. The Hall–Kier alpha value is -3.24. The Balaban J connectivity index is 1.80. The number of benzene rings is 2. The van der Waals surface area contributed by atoms with Crippen LogP contribution in [0.5, 0.6) is 0 Å². The van der Waals surface area contributed by atoms with Gasteiger partial charge in [-0.25, -0.2) is 8.78 Å². The molecule has 1 aliphatic rings. The Kier molecular flexibility index (Phi) is 16.0. The monoisotopic (exact) mass is 716 g/mol. The molecular weight excluding hydrogens is 664 g/mol. The number of unbranched alkanes of at least 4 members (excludes halogenated alkanes) is 8. The van der Waals surface area contributed by atoms with Crippen LogP contribution in [-0.4, -0.2) is 51.3 Å². The number of hydrogen-bond acceptors (Lipinski definition) is 6. The van der Waals surface area contributed by atoms with E-state index in [0.29, 0.717) is 38.5 Å². The first-order chi connectivity index (χ1) is 23.9. The number of alkyl halides is 3. The standard InChI is InChI=1S/C40H54F3NO5S/c1-4-5-6-10-19-26-38(42,43)27-20-11-8-7-9-18-25-33(39(48,28-29-41)36(46)47)35(45)44-34(30(2)3)40(49-37(44)50,31-21-14-12-15-22-31)32-23-16-13-17-24-32/h12-18,21-25,30,33-34,48H,4-11,19-20,26-29H2,1-3H3,(H,46,47)/p-1/b25-18+/t33-,34+,39+/m1/s1. The van der Waals surface area contributed by atoms with Gasteiger partial charge in [-0.15, -0.1) is 0 Å². The summed E-state index contributed by atoms with van der Waals surface area (Å²) in [5, 5.41) is 23.5. The van der Waals surface area contributed by atoms with E-state index < -0.39 is 54.1 Å². The smallest absolute Gasteiger partial charge is 0.267 e. The van der Waals surface area contributed by atoms with Crippen molar-refractivity contribution >= 4 is 29.3 Å². The highest BCUT2D eigenvalue weighted by Gasteiger charge is 2.59. The van der Waals surface area contributed by atoms with E-state index in [1.54, 1.807) is 6.08 Å². The van der Waals surface area contributed by atoms with Gasteiger partial charge < -0.3 is 19.7 Å². The molecular formula is C40H53F3NO5S-. The van der Waals surface area contributed by atoms with Gasteiger partial charge in [-0.3, -0.25) is 14.1 Å². The maximum Gasteiger partial charge on any atom is 0.267 e. The molecule has 10 heteroatoms.